The molecule has 0 aromatic heterocycles. The normalized spacial score (nSPS) is 14.0. The summed E-state index contributed by atoms with van der Waals surface area (Å²) in [6.07, 6.45) is 1.86. The van der Waals surface area contributed by atoms with Crippen molar-refractivity contribution in [2.24, 2.45) is 0 Å². The first-order chi connectivity index (χ1) is 14.9. The standard InChI is InChI=1S/C25H35NO5/c1-19(27)17-31-20(2)18-30-15-14-23(16-22-8-11-24(28)12-9-22)26-25(29)13-10-21-6-4-3-5-7-21/h3-9,11-12,19-20,23,27-28H,10,13-18H2,1-2H3,(H,26,29). The van der Waals surface area contributed by atoms with Crippen LogP contribution in [-0.4, -0.2) is 54.2 Å². The Morgan fingerprint density at radius 2 is 1.71 bits per heavy atom. The summed E-state index contributed by atoms with van der Waals surface area (Å²) in [5.74, 6) is 0.239. The van der Waals surface area contributed by atoms with Crippen molar-refractivity contribution in [1.82, 2.24) is 5.32 Å². The number of amides is 1. The maximum Gasteiger partial charge on any atom is 0.220 e. The molecular weight excluding hydrogens is 394 g/mol. The highest BCUT2D eigenvalue weighted by Gasteiger charge is 2.14. The third-order valence-electron chi connectivity index (χ3n) is 4.85. The summed E-state index contributed by atoms with van der Waals surface area (Å²) >= 11 is 0. The number of carbonyl (C=O) groups is 1. The van der Waals surface area contributed by atoms with Gasteiger partial charge in [0.2, 0.25) is 5.91 Å². The van der Waals surface area contributed by atoms with Crippen LogP contribution in [0.3, 0.4) is 0 Å². The van der Waals surface area contributed by atoms with Gasteiger partial charge in [-0.1, -0.05) is 42.5 Å². The number of aliphatic hydroxyl groups is 1. The second kappa shape index (κ2) is 13.8. The van der Waals surface area contributed by atoms with Gasteiger partial charge >= 0.3 is 0 Å². The minimum absolute atomic E-state index is 0.0151. The summed E-state index contributed by atoms with van der Waals surface area (Å²) in [5.41, 5.74) is 2.18. The summed E-state index contributed by atoms with van der Waals surface area (Å²) in [4.78, 5) is 12.5. The van der Waals surface area contributed by atoms with Crippen LogP contribution < -0.4 is 5.32 Å². The molecule has 2 aromatic rings. The Kier molecular flexibility index (Phi) is 11.1. The molecule has 3 unspecified atom stereocenters. The molecule has 6 heteroatoms. The molecule has 3 N–H and O–H groups in total. The molecule has 31 heavy (non-hydrogen) atoms. The number of benzene rings is 2. The van der Waals surface area contributed by atoms with E-state index >= 15 is 0 Å². The Morgan fingerprint density at radius 1 is 1.00 bits per heavy atom. The first kappa shape index (κ1) is 24.9. The number of hydrogen-bond donors (Lipinski definition) is 3. The molecule has 0 radical (unpaired) electrons. The van der Waals surface area contributed by atoms with Gasteiger partial charge in [0.25, 0.3) is 0 Å². The van der Waals surface area contributed by atoms with Crippen LogP contribution in [0.1, 0.15) is 37.8 Å². The maximum absolute atomic E-state index is 12.5. The number of aliphatic hydroxyl groups excluding tert-OH is 1. The van der Waals surface area contributed by atoms with E-state index in [0.717, 1.165) is 11.1 Å². The number of rotatable bonds is 14. The summed E-state index contributed by atoms with van der Waals surface area (Å²) in [5, 5.41) is 21.9. The fourth-order valence-electron chi connectivity index (χ4n) is 3.17. The van der Waals surface area contributed by atoms with Gasteiger partial charge < -0.3 is 25.0 Å². The van der Waals surface area contributed by atoms with E-state index in [4.69, 9.17) is 9.47 Å². The van der Waals surface area contributed by atoms with Crippen LogP contribution in [0.2, 0.25) is 0 Å². The van der Waals surface area contributed by atoms with Gasteiger partial charge in [0, 0.05) is 19.1 Å². The van der Waals surface area contributed by atoms with E-state index in [0.29, 0.717) is 38.9 Å². The zero-order valence-corrected chi connectivity index (χ0v) is 18.5. The van der Waals surface area contributed by atoms with Gasteiger partial charge in [-0.25, -0.2) is 0 Å². The molecule has 0 aliphatic heterocycles. The first-order valence-electron chi connectivity index (χ1n) is 10.9. The molecule has 0 aliphatic carbocycles. The van der Waals surface area contributed by atoms with Crippen LogP contribution in [0.15, 0.2) is 54.6 Å². The summed E-state index contributed by atoms with van der Waals surface area (Å²) in [6.45, 7) is 4.79. The van der Waals surface area contributed by atoms with Crippen molar-refractivity contribution >= 4 is 5.91 Å². The minimum atomic E-state index is -0.497. The monoisotopic (exact) mass is 429 g/mol. The topological polar surface area (TPSA) is 88.0 Å². The van der Waals surface area contributed by atoms with Gasteiger partial charge in [0.1, 0.15) is 5.75 Å². The minimum Gasteiger partial charge on any atom is -0.508 e. The summed E-state index contributed by atoms with van der Waals surface area (Å²) < 4.78 is 11.2. The van der Waals surface area contributed by atoms with Crippen molar-refractivity contribution in [3.63, 3.8) is 0 Å². The van der Waals surface area contributed by atoms with Crippen LogP contribution >= 0.6 is 0 Å². The number of aryl methyl sites for hydroxylation is 1. The molecule has 6 nitrogen and oxygen atoms in total. The lowest BCUT2D eigenvalue weighted by molar-refractivity contribution is -0.121. The molecule has 2 aromatic carbocycles. The van der Waals surface area contributed by atoms with Crippen molar-refractivity contribution in [3.8, 4) is 5.75 Å². The van der Waals surface area contributed by atoms with Crippen LogP contribution in [0.5, 0.6) is 5.75 Å². The second-order valence-electron chi connectivity index (χ2n) is 7.98. The predicted molar refractivity (Wildman–Crippen MR) is 121 cm³/mol. The zero-order valence-electron chi connectivity index (χ0n) is 18.5. The van der Waals surface area contributed by atoms with Crippen LogP contribution in [0.4, 0.5) is 0 Å². The molecule has 170 valence electrons. The van der Waals surface area contributed by atoms with E-state index in [1.165, 1.54) is 0 Å². The van der Waals surface area contributed by atoms with Gasteiger partial charge in [-0.3, -0.25) is 4.79 Å². The van der Waals surface area contributed by atoms with Gasteiger partial charge in [-0.05, 0) is 56.4 Å². The fourth-order valence-corrected chi connectivity index (χ4v) is 3.17. The molecule has 0 spiro atoms. The Bertz CT molecular complexity index is 748. The van der Waals surface area contributed by atoms with Crippen molar-refractivity contribution in [3.05, 3.63) is 65.7 Å². The van der Waals surface area contributed by atoms with E-state index in [1.807, 2.05) is 49.4 Å². The van der Waals surface area contributed by atoms with Gasteiger partial charge in [-0.15, -0.1) is 0 Å². The average molecular weight is 430 g/mol. The first-order valence-corrected chi connectivity index (χ1v) is 10.9. The number of hydrogen-bond acceptors (Lipinski definition) is 5. The summed E-state index contributed by atoms with van der Waals surface area (Å²) in [6, 6.07) is 16.9. The molecule has 3 atom stereocenters. The van der Waals surface area contributed by atoms with Gasteiger partial charge in [0.15, 0.2) is 0 Å². The number of phenolic OH excluding ortho intramolecular Hbond substituents is 1. The zero-order chi connectivity index (χ0) is 22.5. The van der Waals surface area contributed by atoms with Crippen molar-refractivity contribution in [2.75, 3.05) is 19.8 Å². The number of aromatic hydroxyl groups is 1. The SMILES string of the molecule is CC(O)COC(C)COCCC(Cc1ccc(O)cc1)NC(=O)CCc1ccccc1. The molecule has 0 saturated carbocycles. The quantitative estimate of drug-likeness (QED) is 0.401. The Hall–Kier alpha value is -2.41. The number of carbonyl (C=O) groups excluding carboxylic acids is 1. The third-order valence-corrected chi connectivity index (χ3v) is 4.85. The molecule has 0 saturated heterocycles. The summed E-state index contributed by atoms with van der Waals surface area (Å²) in [7, 11) is 0. The lowest BCUT2D eigenvalue weighted by Gasteiger charge is -2.20. The van der Waals surface area contributed by atoms with Crippen LogP contribution in [0.25, 0.3) is 0 Å². The predicted octanol–water partition coefficient (Wildman–Crippen LogP) is 3.24. The van der Waals surface area contributed by atoms with Crippen molar-refractivity contribution < 1.29 is 24.5 Å². The van der Waals surface area contributed by atoms with Crippen molar-refractivity contribution in [2.45, 2.75) is 57.8 Å². The lowest BCUT2D eigenvalue weighted by atomic mass is 10.0. The van der Waals surface area contributed by atoms with E-state index in [-0.39, 0.29) is 30.4 Å². The Labute approximate surface area is 185 Å². The Balaban J connectivity index is 1.82. The highest BCUT2D eigenvalue weighted by molar-refractivity contribution is 5.76. The fraction of sp³-hybridized carbons (Fsp3) is 0.480. The van der Waals surface area contributed by atoms with Gasteiger partial charge in [-0.2, -0.15) is 0 Å². The largest absolute Gasteiger partial charge is 0.508 e. The molecule has 0 bridgehead atoms. The maximum atomic E-state index is 12.5. The van der Waals surface area contributed by atoms with Crippen molar-refractivity contribution in [1.29, 1.82) is 0 Å². The molecular formula is C25H35NO5. The molecule has 2 rings (SSSR count). The van der Waals surface area contributed by atoms with Crippen LogP contribution in [-0.2, 0) is 27.1 Å². The average Bonchev–Trinajstić information content (AvgIpc) is 2.76. The van der Waals surface area contributed by atoms with E-state index in [9.17, 15) is 15.0 Å². The highest BCUT2D eigenvalue weighted by atomic mass is 16.5. The third kappa shape index (κ3) is 11.0. The second-order valence-corrected chi connectivity index (χ2v) is 7.98. The molecule has 0 fully saturated rings. The number of ether oxygens (including phenoxy) is 2. The van der Waals surface area contributed by atoms with E-state index in [1.54, 1.807) is 19.1 Å². The number of phenols is 1. The van der Waals surface area contributed by atoms with Gasteiger partial charge in [0.05, 0.1) is 25.4 Å². The lowest BCUT2D eigenvalue weighted by Crippen LogP contribution is -2.37. The Morgan fingerprint density at radius 3 is 2.39 bits per heavy atom. The number of nitrogens with one attached hydrogen (secondary N) is 1. The highest BCUT2D eigenvalue weighted by Crippen LogP contribution is 2.13. The molecule has 1 amide bonds. The smallest absolute Gasteiger partial charge is 0.220 e. The van der Waals surface area contributed by atoms with E-state index in [2.05, 4.69) is 5.32 Å². The molecule has 0 aliphatic rings. The van der Waals surface area contributed by atoms with Crippen LogP contribution in [0, 0.1) is 0 Å². The van der Waals surface area contributed by atoms with E-state index < -0.39 is 6.10 Å². The molecule has 0 heterocycles.